The van der Waals surface area contributed by atoms with Crippen molar-refractivity contribution in [3.8, 4) is 11.3 Å². The summed E-state index contributed by atoms with van der Waals surface area (Å²) in [6.45, 7) is 5.30. The van der Waals surface area contributed by atoms with E-state index in [1.165, 1.54) is 12.1 Å². The van der Waals surface area contributed by atoms with Gasteiger partial charge in [-0.15, -0.1) is 17.9 Å². The zero-order valence-corrected chi connectivity index (χ0v) is 11.7. The minimum Gasteiger partial charge on any atom is -0.313 e. The first kappa shape index (κ1) is 14.4. The second kappa shape index (κ2) is 6.93. The summed E-state index contributed by atoms with van der Waals surface area (Å²) >= 11 is 1.60. The lowest BCUT2D eigenvalue weighted by atomic mass is 10.1. The monoisotopic (exact) mass is 289 g/mol. The van der Waals surface area contributed by atoms with Crippen LogP contribution in [0, 0.1) is 10.1 Å². The predicted molar refractivity (Wildman–Crippen MR) is 81.0 cm³/mol. The summed E-state index contributed by atoms with van der Waals surface area (Å²) in [6, 6.07) is 6.46. The number of nitro benzene ring substituents is 1. The molecule has 2 rings (SSSR count). The summed E-state index contributed by atoms with van der Waals surface area (Å²) in [4.78, 5) is 14.7. The van der Waals surface area contributed by atoms with E-state index in [0.29, 0.717) is 0 Å². The summed E-state index contributed by atoms with van der Waals surface area (Å²) in [5.41, 5.74) is 1.86. The lowest BCUT2D eigenvalue weighted by molar-refractivity contribution is -0.384. The molecule has 0 unspecified atom stereocenters. The highest BCUT2D eigenvalue weighted by molar-refractivity contribution is 7.09. The molecule has 1 heterocycles. The van der Waals surface area contributed by atoms with Crippen molar-refractivity contribution in [1.29, 1.82) is 0 Å². The van der Waals surface area contributed by atoms with Gasteiger partial charge in [-0.25, -0.2) is 4.98 Å². The average Bonchev–Trinajstić information content (AvgIpc) is 2.92. The Bertz CT molecular complexity index is 593. The molecular formula is C14H15N3O2S. The summed E-state index contributed by atoms with van der Waals surface area (Å²) in [6.07, 6.45) is 2.69. The van der Waals surface area contributed by atoms with E-state index in [0.717, 1.165) is 35.8 Å². The highest BCUT2D eigenvalue weighted by atomic mass is 32.1. The Morgan fingerprint density at radius 3 is 2.80 bits per heavy atom. The van der Waals surface area contributed by atoms with Crippen LogP contribution in [0.5, 0.6) is 0 Å². The third-order valence-corrected chi connectivity index (χ3v) is 3.64. The van der Waals surface area contributed by atoms with Gasteiger partial charge in [0.25, 0.3) is 5.69 Å². The molecule has 104 valence electrons. The quantitative estimate of drug-likeness (QED) is 0.368. The van der Waals surface area contributed by atoms with Crippen LogP contribution in [0.2, 0.25) is 0 Å². The lowest BCUT2D eigenvalue weighted by Gasteiger charge is -1.98. The Morgan fingerprint density at radius 2 is 2.15 bits per heavy atom. The Labute approximate surface area is 121 Å². The molecule has 5 nitrogen and oxygen atoms in total. The molecule has 1 aromatic heterocycles. The average molecular weight is 289 g/mol. The van der Waals surface area contributed by atoms with E-state index < -0.39 is 4.92 Å². The first-order valence-electron chi connectivity index (χ1n) is 6.21. The zero-order chi connectivity index (χ0) is 14.4. The molecule has 1 N–H and O–H groups in total. The van der Waals surface area contributed by atoms with Crippen molar-refractivity contribution in [3.63, 3.8) is 0 Å². The molecule has 0 bridgehead atoms. The molecule has 0 saturated heterocycles. The fourth-order valence-electron chi connectivity index (χ4n) is 1.71. The molecule has 0 aliphatic carbocycles. The van der Waals surface area contributed by atoms with Crippen molar-refractivity contribution < 1.29 is 4.92 Å². The summed E-state index contributed by atoms with van der Waals surface area (Å²) in [5.74, 6) is 0. The van der Waals surface area contributed by atoms with Gasteiger partial charge in [0.2, 0.25) is 0 Å². The molecule has 0 radical (unpaired) electrons. The number of nitro groups is 1. The number of non-ortho nitro benzene ring substituents is 1. The van der Waals surface area contributed by atoms with Crippen LogP contribution in [0.1, 0.15) is 5.01 Å². The van der Waals surface area contributed by atoms with Crippen LogP contribution in [0.25, 0.3) is 11.3 Å². The SMILES string of the molecule is C=CCNCCc1nc(-c2ccc([N+](=O)[O-])cc2)cs1. The van der Waals surface area contributed by atoms with E-state index in [4.69, 9.17) is 0 Å². The number of nitrogens with zero attached hydrogens (tertiary/aromatic N) is 2. The van der Waals surface area contributed by atoms with Gasteiger partial charge in [0.15, 0.2) is 0 Å². The number of thiazole rings is 1. The molecule has 0 fully saturated rings. The Morgan fingerprint density at radius 1 is 1.40 bits per heavy atom. The minimum absolute atomic E-state index is 0.0952. The van der Waals surface area contributed by atoms with Gasteiger partial charge in [0.1, 0.15) is 0 Å². The van der Waals surface area contributed by atoms with Gasteiger partial charge in [0.05, 0.1) is 15.6 Å². The van der Waals surface area contributed by atoms with Crippen LogP contribution < -0.4 is 5.32 Å². The topological polar surface area (TPSA) is 68.1 Å². The fourth-order valence-corrected chi connectivity index (χ4v) is 2.52. The molecule has 20 heavy (non-hydrogen) atoms. The predicted octanol–water partition coefficient (Wildman–Crippen LogP) is 3.04. The zero-order valence-electron chi connectivity index (χ0n) is 10.9. The van der Waals surface area contributed by atoms with E-state index >= 15 is 0 Å². The maximum Gasteiger partial charge on any atom is 0.269 e. The van der Waals surface area contributed by atoms with Crippen LogP contribution in [-0.2, 0) is 6.42 Å². The first-order chi connectivity index (χ1) is 9.70. The van der Waals surface area contributed by atoms with Gasteiger partial charge in [-0.2, -0.15) is 0 Å². The molecule has 0 atom stereocenters. The second-order valence-corrected chi connectivity index (χ2v) is 5.12. The van der Waals surface area contributed by atoms with Crippen molar-refractivity contribution in [1.82, 2.24) is 10.3 Å². The van der Waals surface area contributed by atoms with E-state index in [2.05, 4.69) is 16.9 Å². The third kappa shape index (κ3) is 3.72. The van der Waals surface area contributed by atoms with Crippen molar-refractivity contribution in [2.24, 2.45) is 0 Å². The minimum atomic E-state index is -0.401. The first-order valence-corrected chi connectivity index (χ1v) is 7.09. The van der Waals surface area contributed by atoms with Crippen LogP contribution in [-0.4, -0.2) is 23.0 Å². The Hall–Kier alpha value is -2.05. The summed E-state index contributed by atoms with van der Waals surface area (Å²) in [5, 5.41) is 16.9. The van der Waals surface area contributed by atoms with E-state index in [1.54, 1.807) is 23.5 Å². The van der Waals surface area contributed by atoms with Crippen molar-refractivity contribution in [2.75, 3.05) is 13.1 Å². The highest BCUT2D eigenvalue weighted by Crippen LogP contribution is 2.24. The maximum absolute atomic E-state index is 10.6. The van der Waals surface area contributed by atoms with Crippen molar-refractivity contribution >= 4 is 17.0 Å². The smallest absolute Gasteiger partial charge is 0.269 e. The normalized spacial score (nSPS) is 10.4. The van der Waals surface area contributed by atoms with Gasteiger partial charge in [-0.3, -0.25) is 10.1 Å². The standard InChI is InChI=1S/C14H15N3O2S/c1-2-8-15-9-7-14-16-13(10-20-14)11-3-5-12(6-4-11)17(18)19/h2-6,10,15H,1,7-9H2. The fraction of sp³-hybridized carbons (Fsp3) is 0.214. The molecule has 6 heteroatoms. The van der Waals surface area contributed by atoms with E-state index in [-0.39, 0.29) is 5.69 Å². The van der Waals surface area contributed by atoms with Crippen molar-refractivity contribution in [2.45, 2.75) is 6.42 Å². The third-order valence-electron chi connectivity index (χ3n) is 2.73. The number of nitrogens with one attached hydrogen (secondary N) is 1. The lowest BCUT2D eigenvalue weighted by Crippen LogP contribution is -2.16. The Kier molecular flexibility index (Phi) is 4.97. The molecular weight excluding hydrogens is 274 g/mol. The number of hydrogen-bond donors (Lipinski definition) is 1. The number of rotatable bonds is 7. The summed E-state index contributed by atoms with van der Waals surface area (Å²) < 4.78 is 0. The largest absolute Gasteiger partial charge is 0.313 e. The number of benzene rings is 1. The molecule has 1 aromatic carbocycles. The second-order valence-electron chi connectivity index (χ2n) is 4.17. The van der Waals surface area contributed by atoms with Crippen LogP contribution >= 0.6 is 11.3 Å². The number of aromatic nitrogens is 1. The van der Waals surface area contributed by atoms with E-state index in [9.17, 15) is 10.1 Å². The van der Waals surface area contributed by atoms with E-state index in [1.807, 2.05) is 11.5 Å². The molecule has 2 aromatic rings. The highest BCUT2D eigenvalue weighted by Gasteiger charge is 2.08. The van der Waals surface area contributed by atoms with Gasteiger partial charge in [-0.1, -0.05) is 6.08 Å². The van der Waals surface area contributed by atoms with Crippen LogP contribution in [0.4, 0.5) is 5.69 Å². The van der Waals surface area contributed by atoms with Gasteiger partial charge >= 0.3 is 0 Å². The molecule has 0 saturated carbocycles. The van der Waals surface area contributed by atoms with Gasteiger partial charge < -0.3 is 5.32 Å². The molecule has 0 amide bonds. The van der Waals surface area contributed by atoms with Crippen LogP contribution in [0.15, 0.2) is 42.3 Å². The van der Waals surface area contributed by atoms with Crippen LogP contribution in [0.3, 0.4) is 0 Å². The molecule has 0 spiro atoms. The van der Waals surface area contributed by atoms with Gasteiger partial charge in [0, 0.05) is 42.6 Å². The van der Waals surface area contributed by atoms with Crippen molar-refractivity contribution in [3.05, 3.63) is 57.4 Å². The molecule has 0 aliphatic rings. The maximum atomic E-state index is 10.6. The summed E-state index contributed by atoms with van der Waals surface area (Å²) in [7, 11) is 0. The molecule has 0 aliphatic heterocycles. The van der Waals surface area contributed by atoms with Gasteiger partial charge in [-0.05, 0) is 12.1 Å². The number of hydrogen-bond acceptors (Lipinski definition) is 5. The Balaban J connectivity index is 2.00.